The largest absolute Gasteiger partial charge is 0.388 e. The van der Waals surface area contributed by atoms with Crippen LogP contribution in [0.2, 0.25) is 0 Å². The highest BCUT2D eigenvalue weighted by Crippen LogP contribution is 2.27. The third-order valence-electron chi connectivity index (χ3n) is 3.31. The molecule has 1 nitrogen and oxygen atoms in total. The summed E-state index contributed by atoms with van der Waals surface area (Å²) in [6, 6.07) is 14.1. The fourth-order valence-corrected chi connectivity index (χ4v) is 2.77. The van der Waals surface area contributed by atoms with E-state index in [1.54, 1.807) is 0 Å². The van der Waals surface area contributed by atoms with Crippen molar-refractivity contribution < 1.29 is 5.11 Å². The molecule has 0 aliphatic rings. The summed E-state index contributed by atoms with van der Waals surface area (Å²) in [5.41, 5.74) is 4.66. The predicted octanol–water partition coefficient (Wildman–Crippen LogP) is 4.34. The van der Waals surface area contributed by atoms with Gasteiger partial charge in [-0.3, -0.25) is 0 Å². The third-order valence-corrected chi connectivity index (χ3v) is 4.03. The monoisotopic (exact) mass is 304 g/mol. The lowest BCUT2D eigenvalue weighted by Crippen LogP contribution is -2.05. The average Bonchev–Trinajstić information content (AvgIpc) is 2.34. The second kappa shape index (κ2) is 5.68. The van der Waals surface area contributed by atoms with Crippen molar-refractivity contribution in [3.63, 3.8) is 0 Å². The Morgan fingerprint density at radius 3 is 2.22 bits per heavy atom. The van der Waals surface area contributed by atoms with Crippen molar-refractivity contribution in [2.24, 2.45) is 0 Å². The molecule has 94 valence electrons. The van der Waals surface area contributed by atoms with Gasteiger partial charge in [-0.25, -0.2) is 0 Å². The van der Waals surface area contributed by atoms with Crippen LogP contribution < -0.4 is 0 Å². The highest BCUT2D eigenvalue weighted by molar-refractivity contribution is 9.10. The Hall–Kier alpha value is -1.12. The summed E-state index contributed by atoms with van der Waals surface area (Å²) < 4.78 is 0.962. The fraction of sp³-hybridized carbons (Fsp3) is 0.250. The standard InChI is InChI=1S/C16H17BrO/c1-11-6-5-7-12(2)14(11)10-16(18)13-8-3-4-9-15(13)17/h3-9,16,18H,10H2,1-2H3. The number of halogens is 1. The Bertz CT molecular complexity index is 528. The van der Waals surface area contributed by atoms with Crippen LogP contribution in [0.5, 0.6) is 0 Å². The maximum absolute atomic E-state index is 10.4. The lowest BCUT2D eigenvalue weighted by Gasteiger charge is -2.16. The molecule has 0 spiro atoms. The van der Waals surface area contributed by atoms with Gasteiger partial charge in [-0.2, -0.15) is 0 Å². The van der Waals surface area contributed by atoms with E-state index in [0.29, 0.717) is 6.42 Å². The second-order valence-electron chi connectivity index (χ2n) is 4.61. The van der Waals surface area contributed by atoms with Crippen LogP contribution >= 0.6 is 15.9 Å². The molecule has 0 aliphatic heterocycles. The molecular weight excluding hydrogens is 288 g/mol. The zero-order chi connectivity index (χ0) is 13.1. The van der Waals surface area contributed by atoms with Crippen LogP contribution in [0.1, 0.15) is 28.4 Å². The highest BCUT2D eigenvalue weighted by Gasteiger charge is 2.13. The van der Waals surface area contributed by atoms with E-state index in [9.17, 15) is 5.11 Å². The summed E-state index contributed by atoms with van der Waals surface area (Å²) in [6.07, 6.45) is 0.182. The zero-order valence-electron chi connectivity index (χ0n) is 10.7. The molecular formula is C16H17BrO. The van der Waals surface area contributed by atoms with Crippen molar-refractivity contribution >= 4 is 15.9 Å². The minimum atomic E-state index is -0.472. The van der Waals surface area contributed by atoms with E-state index in [0.717, 1.165) is 10.0 Å². The normalized spacial score (nSPS) is 12.4. The van der Waals surface area contributed by atoms with Gasteiger partial charge in [-0.05, 0) is 42.2 Å². The first-order valence-corrected chi connectivity index (χ1v) is 6.86. The second-order valence-corrected chi connectivity index (χ2v) is 5.47. The SMILES string of the molecule is Cc1cccc(C)c1CC(O)c1ccccc1Br. The minimum Gasteiger partial charge on any atom is -0.388 e. The first-order chi connectivity index (χ1) is 8.59. The van der Waals surface area contributed by atoms with E-state index in [2.05, 4.69) is 48.0 Å². The molecule has 0 bridgehead atoms. The molecule has 0 saturated carbocycles. The smallest absolute Gasteiger partial charge is 0.0841 e. The number of aliphatic hydroxyl groups excluding tert-OH is 1. The molecule has 2 rings (SSSR count). The molecule has 0 aromatic heterocycles. The summed E-state index contributed by atoms with van der Waals surface area (Å²) in [7, 11) is 0. The van der Waals surface area contributed by atoms with Crippen molar-refractivity contribution in [2.75, 3.05) is 0 Å². The van der Waals surface area contributed by atoms with E-state index in [1.807, 2.05) is 24.3 Å². The molecule has 1 N–H and O–H groups in total. The molecule has 1 unspecified atom stereocenters. The number of rotatable bonds is 3. The van der Waals surface area contributed by atoms with Gasteiger partial charge < -0.3 is 5.11 Å². The van der Waals surface area contributed by atoms with Gasteiger partial charge in [0.25, 0.3) is 0 Å². The lowest BCUT2D eigenvalue weighted by atomic mass is 9.95. The topological polar surface area (TPSA) is 20.2 Å². The average molecular weight is 305 g/mol. The Morgan fingerprint density at radius 2 is 1.61 bits per heavy atom. The molecule has 2 aromatic carbocycles. The van der Waals surface area contributed by atoms with Crippen molar-refractivity contribution in [1.82, 2.24) is 0 Å². The summed E-state index contributed by atoms with van der Waals surface area (Å²) in [4.78, 5) is 0. The van der Waals surface area contributed by atoms with Gasteiger partial charge in [0.05, 0.1) is 6.10 Å². The Labute approximate surface area is 117 Å². The van der Waals surface area contributed by atoms with Gasteiger partial charge >= 0.3 is 0 Å². The molecule has 0 heterocycles. The zero-order valence-corrected chi connectivity index (χ0v) is 12.2. The molecule has 0 radical (unpaired) electrons. The molecule has 0 saturated heterocycles. The summed E-state index contributed by atoms with van der Waals surface area (Å²) in [5, 5.41) is 10.4. The van der Waals surface area contributed by atoms with Crippen LogP contribution in [0.25, 0.3) is 0 Å². The predicted molar refractivity (Wildman–Crippen MR) is 78.7 cm³/mol. The molecule has 2 heteroatoms. The quantitative estimate of drug-likeness (QED) is 0.894. The van der Waals surface area contributed by atoms with Crippen molar-refractivity contribution in [3.8, 4) is 0 Å². The molecule has 2 aromatic rings. The van der Waals surface area contributed by atoms with E-state index >= 15 is 0 Å². The fourth-order valence-electron chi connectivity index (χ4n) is 2.22. The van der Waals surface area contributed by atoms with Crippen LogP contribution in [-0.4, -0.2) is 5.11 Å². The van der Waals surface area contributed by atoms with Crippen LogP contribution in [0, 0.1) is 13.8 Å². The van der Waals surface area contributed by atoms with Gasteiger partial charge in [-0.1, -0.05) is 52.3 Å². The van der Waals surface area contributed by atoms with Crippen molar-refractivity contribution in [3.05, 3.63) is 69.2 Å². The van der Waals surface area contributed by atoms with Crippen LogP contribution in [0.15, 0.2) is 46.9 Å². The van der Waals surface area contributed by atoms with Crippen molar-refractivity contribution in [2.45, 2.75) is 26.4 Å². The van der Waals surface area contributed by atoms with Gasteiger partial charge in [0.15, 0.2) is 0 Å². The van der Waals surface area contributed by atoms with Crippen LogP contribution in [-0.2, 0) is 6.42 Å². The maximum Gasteiger partial charge on any atom is 0.0841 e. The Kier molecular flexibility index (Phi) is 4.20. The van der Waals surface area contributed by atoms with E-state index in [4.69, 9.17) is 0 Å². The van der Waals surface area contributed by atoms with Crippen LogP contribution in [0.4, 0.5) is 0 Å². The van der Waals surface area contributed by atoms with Gasteiger partial charge in [-0.15, -0.1) is 0 Å². The van der Waals surface area contributed by atoms with E-state index in [-0.39, 0.29) is 0 Å². The summed E-state index contributed by atoms with van der Waals surface area (Å²) in [5.74, 6) is 0. The van der Waals surface area contributed by atoms with E-state index < -0.39 is 6.10 Å². The summed E-state index contributed by atoms with van der Waals surface area (Å²) >= 11 is 3.49. The number of aliphatic hydroxyl groups is 1. The first-order valence-electron chi connectivity index (χ1n) is 6.07. The van der Waals surface area contributed by atoms with Crippen molar-refractivity contribution in [1.29, 1.82) is 0 Å². The number of aryl methyl sites for hydroxylation is 2. The number of hydrogen-bond acceptors (Lipinski definition) is 1. The summed E-state index contributed by atoms with van der Waals surface area (Å²) in [6.45, 7) is 4.18. The molecule has 1 atom stereocenters. The Balaban J connectivity index is 2.27. The highest BCUT2D eigenvalue weighted by atomic mass is 79.9. The lowest BCUT2D eigenvalue weighted by molar-refractivity contribution is 0.177. The molecule has 0 aliphatic carbocycles. The third kappa shape index (κ3) is 2.82. The van der Waals surface area contributed by atoms with Crippen LogP contribution in [0.3, 0.4) is 0 Å². The minimum absolute atomic E-state index is 0.472. The molecule has 18 heavy (non-hydrogen) atoms. The number of hydrogen-bond donors (Lipinski definition) is 1. The first kappa shape index (κ1) is 13.3. The molecule has 0 amide bonds. The van der Waals surface area contributed by atoms with Gasteiger partial charge in [0, 0.05) is 10.9 Å². The molecule has 0 fully saturated rings. The van der Waals surface area contributed by atoms with E-state index in [1.165, 1.54) is 16.7 Å². The van der Waals surface area contributed by atoms with Gasteiger partial charge in [0.1, 0.15) is 0 Å². The maximum atomic E-state index is 10.4. The Morgan fingerprint density at radius 1 is 1.00 bits per heavy atom. The number of benzene rings is 2. The van der Waals surface area contributed by atoms with Gasteiger partial charge in [0.2, 0.25) is 0 Å².